The van der Waals surface area contributed by atoms with Crippen molar-refractivity contribution in [1.82, 2.24) is 56.4 Å². The molecule has 100 heavy (non-hydrogen) atoms. The molecule has 3 aromatic carbocycles. The summed E-state index contributed by atoms with van der Waals surface area (Å²) < 4.78 is 60.5. The van der Waals surface area contributed by atoms with Crippen LogP contribution < -0.4 is 47.7 Å². The summed E-state index contributed by atoms with van der Waals surface area (Å²) in [6.07, 6.45) is -0.626. The number of hydrogen-bond donors (Lipinski definition) is 10. The van der Waals surface area contributed by atoms with E-state index >= 15 is 0 Å². The number of imide groups is 1. The number of fused-ring (bicyclic) bond motifs is 1. The lowest BCUT2D eigenvalue weighted by atomic mass is 10.0. The second kappa shape index (κ2) is 39.5. The number of ketones is 1. The van der Waals surface area contributed by atoms with E-state index in [1.54, 1.807) is 74.5 Å². The van der Waals surface area contributed by atoms with Crippen molar-refractivity contribution in [2.45, 2.75) is 90.6 Å². The van der Waals surface area contributed by atoms with Crippen LogP contribution >= 0.6 is 0 Å². The van der Waals surface area contributed by atoms with Gasteiger partial charge in [-0.05, 0) is 98.3 Å². The molecule has 0 fully saturated rings. The molecule has 3 atom stereocenters. The summed E-state index contributed by atoms with van der Waals surface area (Å²) in [4.78, 5) is 148. The molecular weight excluding hydrogens is 1310 g/mol. The van der Waals surface area contributed by atoms with Crippen LogP contribution in [0.3, 0.4) is 0 Å². The van der Waals surface area contributed by atoms with Crippen molar-refractivity contribution >= 4 is 81.7 Å². The fourth-order valence-electron chi connectivity index (χ4n) is 9.63. The highest BCUT2D eigenvalue weighted by Gasteiger charge is 2.32. The van der Waals surface area contributed by atoms with Gasteiger partial charge in [0.15, 0.2) is 5.78 Å². The molecule has 4 heterocycles. The number of alkyl carbamates (subject to hydrolysis) is 1. The molecule has 0 bridgehead atoms. The molecule has 11 N–H and O–H groups in total. The largest absolute Gasteiger partial charge is 0.481 e. The number of urea groups is 1. The Labute approximate surface area is 572 Å². The van der Waals surface area contributed by atoms with E-state index in [4.69, 9.17) is 39.1 Å². The second-order valence-corrected chi connectivity index (χ2v) is 22.7. The van der Waals surface area contributed by atoms with Gasteiger partial charge in [0, 0.05) is 54.0 Å². The normalized spacial score (nSPS) is 12.8. The van der Waals surface area contributed by atoms with Crippen LogP contribution in [0.25, 0.3) is 33.7 Å². The van der Waals surface area contributed by atoms with Gasteiger partial charge in [-0.3, -0.25) is 43.3 Å². The number of hydrogen-bond acceptors (Lipinski definition) is 21. The Bertz CT molecular complexity index is 3800. The summed E-state index contributed by atoms with van der Waals surface area (Å²) >= 11 is 0. The number of rotatable bonds is 43. The maximum absolute atomic E-state index is 14.0. The van der Waals surface area contributed by atoms with Crippen LogP contribution in [-0.2, 0) is 70.4 Å². The van der Waals surface area contributed by atoms with Crippen LogP contribution in [0.5, 0.6) is 5.88 Å². The van der Waals surface area contributed by atoms with Gasteiger partial charge in [-0.1, -0.05) is 38.1 Å². The number of ether oxygens (including phenoxy) is 6. The minimum atomic E-state index is -2.81. The number of nitrogens with two attached hydrogens (primary N) is 1. The maximum atomic E-state index is 14.0. The van der Waals surface area contributed by atoms with E-state index in [-0.39, 0.29) is 147 Å². The summed E-state index contributed by atoms with van der Waals surface area (Å²) in [6.45, 7) is 6.32. The summed E-state index contributed by atoms with van der Waals surface area (Å²) in [6, 6.07) is 18.0. The zero-order valence-corrected chi connectivity index (χ0v) is 55.2. The number of carbonyl (C=O) groups is 10. The van der Waals surface area contributed by atoms with Gasteiger partial charge in [-0.2, -0.15) is 0 Å². The summed E-state index contributed by atoms with van der Waals surface area (Å²) in [5.41, 5.74) is 9.46. The Morgan fingerprint density at radius 2 is 1.35 bits per heavy atom. The fraction of sp³-hybridized carbons (Fsp3) is 0.403. The Balaban J connectivity index is 0.842. The molecular formula is C67H80F2N14O17. The number of carboxylic acid groups (broad SMARTS) is 1. The van der Waals surface area contributed by atoms with Crippen LogP contribution in [0.1, 0.15) is 86.7 Å². The zero-order valence-electron chi connectivity index (χ0n) is 55.2. The Morgan fingerprint density at radius 1 is 0.680 bits per heavy atom. The van der Waals surface area contributed by atoms with Gasteiger partial charge in [-0.15, -0.1) is 0 Å². The highest BCUT2D eigenvalue weighted by Crippen LogP contribution is 2.33. The molecule has 0 saturated carbocycles. The molecule has 33 heteroatoms. The third-order valence-corrected chi connectivity index (χ3v) is 14.9. The van der Waals surface area contributed by atoms with Gasteiger partial charge in [0.1, 0.15) is 42.9 Å². The van der Waals surface area contributed by atoms with Crippen molar-refractivity contribution in [1.29, 1.82) is 0 Å². The molecule has 0 unspecified atom stereocenters. The fourth-order valence-corrected chi connectivity index (χ4v) is 9.63. The molecule has 3 aromatic heterocycles. The number of nitrogens with zero attached hydrogens (tertiary/aromatic N) is 5. The molecule has 0 aliphatic carbocycles. The number of anilines is 2. The molecule has 9 amide bonds. The van der Waals surface area contributed by atoms with Gasteiger partial charge in [0.25, 0.3) is 18.2 Å². The number of H-pyrrole nitrogens is 1. The zero-order chi connectivity index (χ0) is 71.9. The van der Waals surface area contributed by atoms with Crippen LogP contribution in [0.4, 0.5) is 29.7 Å². The second-order valence-electron chi connectivity index (χ2n) is 22.7. The Kier molecular flexibility index (Phi) is 30.2. The number of nitrogens with one attached hydrogen (secondary N) is 8. The van der Waals surface area contributed by atoms with Gasteiger partial charge < -0.3 is 81.5 Å². The number of imidazole rings is 1. The number of Topliss-reactive ketones (excluding diaryl/α,β-unsaturated/α-hetero) is 1. The number of amides is 9. The number of alkyl halides is 2. The molecule has 31 nitrogen and oxygen atoms in total. The SMILES string of the molecule is CC(=O)c1ccc(NCc2nc(-c3ccc4ncc(OCCNC(=O)OCc5ccc(NC(=O)[C@H](CCCNC(N)=O)NC(=O)[C@@H](NC(=O)[C@H](CCC(=O)O)NC(=O)CCOCCOCCOCCOCCN6C(=O)C=CC6=O)C(C)C)cc5)nc4c3)c(-c3cccc(C(F)F)n3)[nH]2)cc1. The highest BCUT2D eigenvalue weighted by atomic mass is 19.3. The maximum Gasteiger partial charge on any atom is 0.407 e. The van der Waals surface area contributed by atoms with E-state index in [9.17, 15) is 61.8 Å². The van der Waals surface area contributed by atoms with E-state index in [2.05, 4.69) is 57.2 Å². The van der Waals surface area contributed by atoms with Crippen molar-refractivity contribution in [3.8, 4) is 28.5 Å². The third kappa shape index (κ3) is 25.2. The first-order chi connectivity index (χ1) is 48.1. The Hall–Kier alpha value is -10.9. The molecule has 0 radical (unpaired) electrons. The minimum absolute atomic E-state index is 0.00198. The van der Waals surface area contributed by atoms with Crippen molar-refractivity contribution in [3.05, 3.63) is 126 Å². The molecule has 1 aliphatic heterocycles. The predicted molar refractivity (Wildman–Crippen MR) is 356 cm³/mol. The van der Waals surface area contributed by atoms with E-state index in [1.165, 1.54) is 49.5 Å². The van der Waals surface area contributed by atoms with E-state index in [0.29, 0.717) is 50.6 Å². The summed E-state index contributed by atoms with van der Waals surface area (Å²) in [5, 5.41) is 28.2. The number of aromatic amines is 1. The lowest BCUT2D eigenvalue weighted by Crippen LogP contribution is -2.58. The van der Waals surface area contributed by atoms with Crippen LogP contribution in [0.15, 0.2) is 103 Å². The number of aromatic nitrogens is 5. The number of benzene rings is 3. The first kappa shape index (κ1) is 76.5. The summed E-state index contributed by atoms with van der Waals surface area (Å²) in [5.74, 6) is -5.00. The van der Waals surface area contributed by atoms with Gasteiger partial charge in [-0.25, -0.2) is 38.3 Å². The quantitative estimate of drug-likeness (QED) is 0.0138. The number of carbonyl (C=O) groups excluding carboxylic acids is 9. The smallest absolute Gasteiger partial charge is 0.407 e. The molecule has 534 valence electrons. The molecule has 6 aromatic rings. The Morgan fingerprint density at radius 3 is 2.01 bits per heavy atom. The number of aliphatic carboxylic acids is 1. The van der Waals surface area contributed by atoms with Crippen molar-refractivity contribution < 1.29 is 90.3 Å². The number of carboxylic acids is 1. The number of primary amides is 1. The van der Waals surface area contributed by atoms with Crippen molar-refractivity contribution in [2.24, 2.45) is 11.7 Å². The van der Waals surface area contributed by atoms with Crippen LogP contribution in [0, 0.1) is 5.92 Å². The van der Waals surface area contributed by atoms with E-state index < -0.39 is 84.3 Å². The first-order valence-electron chi connectivity index (χ1n) is 32.0. The van der Waals surface area contributed by atoms with Crippen LogP contribution in [-0.4, -0.2) is 191 Å². The molecule has 0 spiro atoms. The lowest BCUT2D eigenvalue weighted by Gasteiger charge is -2.27. The average molecular weight is 1390 g/mol. The van der Waals surface area contributed by atoms with Crippen molar-refractivity contribution in [2.75, 3.05) is 89.7 Å². The van der Waals surface area contributed by atoms with E-state index in [0.717, 1.165) is 10.6 Å². The lowest BCUT2D eigenvalue weighted by molar-refractivity contribution is -0.139. The predicted octanol–water partition coefficient (Wildman–Crippen LogP) is 4.88. The van der Waals surface area contributed by atoms with E-state index in [1.807, 2.05) is 0 Å². The van der Waals surface area contributed by atoms with Gasteiger partial charge in [0.2, 0.25) is 29.5 Å². The summed E-state index contributed by atoms with van der Waals surface area (Å²) in [7, 11) is 0. The average Bonchev–Trinajstić information content (AvgIpc) is 1.58. The molecule has 7 rings (SSSR count). The highest BCUT2D eigenvalue weighted by molar-refractivity contribution is 6.13. The first-order valence-corrected chi connectivity index (χ1v) is 32.0. The third-order valence-electron chi connectivity index (χ3n) is 14.9. The number of pyridine rings is 1. The molecule has 1 aliphatic rings. The minimum Gasteiger partial charge on any atom is -0.481 e. The monoisotopic (exact) mass is 1390 g/mol. The number of halogens is 2. The van der Waals surface area contributed by atoms with Crippen LogP contribution in [0.2, 0.25) is 0 Å². The molecule has 0 saturated heterocycles. The van der Waals surface area contributed by atoms with Gasteiger partial charge in [0.05, 0.1) is 107 Å². The standard InChI is InChI=1S/C67H80F2N14O17/c1-40(2)59(82-64(91)51(19-22-58(88)89)77-54(85)23-27-95-30-32-97-34-35-98-33-31-96-29-26-83-56(86)20-21-57(83)87)65(92)79-50(8-5-24-71-66(70)93)63(90)75-46-14-9-42(10-15-46)39-100-67(94)72-25-28-99-55-38-74-47-18-13-44(36-52(47)78-55)60-61(48-6-4-7-49(76-48)62(68)69)81-53(80-60)37-73-45-16-11-43(12-17-45)41(3)84/h4,6-7,9-18,20-21,36,38,40,50-51,59,62,73H,5,8,19,22-35,37,39H2,1-3H3,(H,72,94)(H,75,90)(H,77,85)(H,79,92)(H,80,81)(H,82,91)(H,88,89)(H3,70,71,93)/t50-,51-,59-/m0/s1. The van der Waals surface area contributed by atoms with Crippen molar-refractivity contribution in [3.63, 3.8) is 0 Å². The van der Waals surface area contributed by atoms with Gasteiger partial charge >= 0.3 is 18.1 Å². The topological polar surface area (TPSA) is 427 Å².